The molecule has 0 unspecified atom stereocenters. The maximum atomic E-state index is 12.1. The molecule has 0 bridgehead atoms. The molecule has 0 aromatic carbocycles. The highest BCUT2D eigenvalue weighted by atomic mass is 16.1. The molecule has 19 heavy (non-hydrogen) atoms. The van der Waals surface area contributed by atoms with Crippen LogP contribution in [0.4, 0.5) is 0 Å². The molecule has 1 saturated carbocycles. The molecule has 1 fully saturated rings. The molecule has 104 valence electrons. The fraction of sp³-hybridized carbons (Fsp3) is 0.600. The monoisotopic (exact) mass is 261 g/mol. The van der Waals surface area contributed by atoms with Crippen LogP contribution in [0.15, 0.2) is 18.5 Å². The summed E-state index contributed by atoms with van der Waals surface area (Å²) in [5.41, 5.74) is 7.93. The molecule has 0 atom stereocenters. The Morgan fingerprint density at radius 3 is 2.79 bits per heavy atom. The molecule has 1 amide bonds. The number of amides is 1. The molecule has 0 aliphatic heterocycles. The number of carbonyl (C=O) groups is 1. The van der Waals surface area contributed by atoms with Crippen molar-refractivity contribution in [3.8, 4) is 0 Å². The van der Waals surface area contributed by atoms with Crippen LogP contribution < -0.4 is 11.1 Å². The first-order valence-corrected chi connectivity index (χ1v) is 7.08. The molecule has 0 radical (unpaired) electrons. The fourth-order valence-electron chi connectivity index (χ4n) is 2.69. The van der Waals surface area contributed by atoms with Gasteiger partial charge in [-0.05, 0) is 62.3 Å². The van der Waals surface area contributed by atoms with Gasteiger partial charge in [-0.3, -0.25) is 9.78 Å². The van der Waals surface area contributed by atoms with Gasteiger partial charge in [0.05, 0.1) is 0 Å². The summed E-state index contributed by atoms with van der Waals surface area (Å²) in [6, 6.07) is 1.96. The van der Waals surface area contributed by atoms with Crippen LogP contribution in [0.5, 0.6) is 0 Å². The SMILES string of the molecule is Cc1cnccc1CNC(=O)C1CCC(CN)CC1. The number of hydrogen-bond donors (Lipinski definition) is 2. The van der Waals surface area contributed by atoms with Gasteiger partial charge < -0.3 is 11.1 Å². The van der Waals surface area contributed by atoms with Gasteiger partial charge in [0.25, 0.3) is 0 Å². The predicted octanol–water partition coefficient (Wildman–Crippen LogP) is 1.77. The van der Waals surface area contributed by atoms with Gasteiger partial charge in [0.2, 0.25) is 5.91 Å². The molecular weight excluding hydrogens is 238 g/mol. The van der Waals surface area contributed by atoms with E-state index in [2.05, 4.69) is 10.3 Å². The minimum Gasteiger partial charge on any atom is -0.352 e. The van der Waals surface area contributed by atoms with E-state index in [1.807, 2.05) is 19.2 Å². The van der Waals surface area contributed by atoms with E-state index < -0.39 is 0 Å². The van der Waals surface area contributed by atoms with Crippen molar-refractivity contribution in [1.29, 1.82) is 0 Å². The molecule has 2 rings (SSSR count). The molecular formula is C15H23N3O. The standard InChI is InChI=1S/C15H23N3O/c1-11-9-17-7-6-14(11)10-18-15(19)13-4-2-12(8-16)3-5-13/h6-7,9,12-13H,2-5,8,10,16H2,1H3,(H,18,19). The number of aromatic nitrogens is 1. The number of nitrogens with two attached hydrogens (primary N) is 1. The topological polar surface area (TPSA) is 68.0 Å². The number of pyridine rings is 1. The van der Waals surface area contributed by atoms with Gasteiger partial charge in [0.15, 0.2) is 0 Å². The molecule has 1 aromatic heterocycles. The third-order valence-electron chi connectivity index (χ3n) is 4.14. The molecule has 1 heterocycles. The Kier molecular flexibility index (Phi) is 4.91. The molecule has 0 spiro atoms. The highest BCUT2D eigenvalue weighted by Crippen LogP contribution is 2.28. The Hall–Kier alpha value is -1.42. The highest BCUT2D eigenvalue weighted by Gasteiger charge is 2.25. The van der Waals surface area contributed by atoms with Gasteiger partial charge in [0, 0.05) is 24.9 Å². The van der Waals surface area contributed by atoms with Crippen molar-refractivity contribution in [2.75, 3.05) is 6.54 Å². The van der Waals surface area contributed by atoms with Crippen LogP contribution in [-0.2, 0) is 11.3 Å². The number of nitrogens with one attached hydrogen (secondary N) is 1. The van der Waals surface area contributed by atoms with Gasteiger partial charge in [-0.1, -0.05) is 0 Å². The van der Waals surface area contributed by atoms with E-state index in [1.54, 1.807) is 6.20 Å². The Balaban J connectivity index is 1.81. The summed E-state index contributed by atoms with van der Waals surface area (Å²) in [5, 5.41) is 3.04. The molecule has 1 aromatic rings. The summed E-state index contributed by atoms with van der Waals surface area (Å²) in [7, 11) is 0. The first-order chi connectivity index (χ1) is 9.20. The Morgan fingerprint density at radius 1 is 1.42 bits per heavy atom. The average Bonchev–Trinajstić information content (AvgIpc) is 2.46. The van der Waals surface area contributed by atoms with Crippen LogP contribution >= 0.6 is 0 Å². The van der Waals surface area contributed by atoms with Crippen molar-refractivity contribution >= 4 is 5.91 Å². The van der Waals surface area contributed by atoms with E-state index in [9.17, 15) is 4.79 Å². The Bertz CT molecular complexity index is 425. The average molecular weight is 261 g/mol. The van der Waals surface area contributed by atoms with E-state index in [0.717, 1.165) is 43.4 Å². The zero-order valence-electron chi connectivity index (χ0n) is 11.6. The summed E-state index contributed by atoms with van der Waals surface area (Å²) in [4.78, 5) is 16.2. The first-order valence-electron chi connectivity index (χ1n) is 7.08. The zero-order chi connectivity index (χ0) is 13.7. The molecule has 1 aliphatic carbocycles. The van der Waals surface area contributed by atoms with E-state index in [1.165, 1.54) is 0 Å². The lowest BCUT2D eigenvalue weighted by Crippen LogP contribution is -2.34. The third-order valence-corrected chi connectivity index (χ3v) is 4.14. The Morgan fingerprint density at radius 2 is 2.16 bits per heavy atom. The molecule has 4 nitrogen and oxygen atoms in total. The van der Waals surface area contributed by atoms with E-state index in [0.29, 0.717) is 12.5 Å². The maximum Gasteiger partial charge on any atom is 0.223 e. The normalized spacial score (nSPS) is 23.1. The zero-order valence-corrected chi connectivity index (χ0v) is 11.6. The number of aryl methyl sites for hydroxylation is 1. The fourth-order valence-corrected chi connectivity index (χ4v) is 2.69. The second-order valence-electron chi connectivity index (χ2n) is 5.47. The number of carbonyl (C=O) groups excluding carboxylic acids is 1. The van der Waals surface area contributed by atoms with E-state index in [4.69, 9.17) is 5.73 Å². The maximum absolute atomic E-state index is 12.1. The number of nitrogens with zero attached hydrogens (tertiary/aromatic N) is 1. The van der Waals surface area contributed by atoms with E-state index >= 15 is 0 Å². The lowest BCUT2D eigenvalue weighted by atomic mass is 9.81. The van der Waals surface area contributed by atoms with Gasteiger partial charge in [-0.25, -0.2) is 0 Å². The van der Waals surface area contributed by atoms with E-state index in [-0.39, 0.29) is 11.8 Å². The van der Waals surface area contributed by atoms with Gasteiger partial charge in [-0.15, -0.1) is 0 Å². The molecule has 4 heteroatoms. The second kappa shape index (κ2) is 6.66. The summed E-state index contributed by atoms with van der Waals surface area (Å²) < 4.78 is 0. The number of rotatable bonds is 4. The van der Waals surface area contributed by atoms with Crippen LogP contribution in [0.1, 0.15) is 36.8 Å². The van der Waals surface area contributed by atoms with Gasteiger partial charge in [0.1, 0.15) is 0 Å². The van der Waals surface area contributed by atoms with Crippen molar-refractivity contribution < 1.29 is 4.79 Å². The predicted molar refractivity (Wildman–Crippen MR) is 75.3 cm³/mol. The minimum absolute atomic E-state index is 0.171. The van der Waals surface area contributed by atoms with Crippen LogP contribution in [0.2, 0.25) is 0 Å². The lowest BCUT2D eigenvalue weighted by molar-refractivity contribution is -0.126. The molecule has 3 N–H and O–H groups in total. The quantitative estimate of drug-likeness (QED) is 0.868. The highest BCUT2D eigenvalue weighted by molar-refractivity contribution is 5.78. The summed E-state index contributed by atoms with van der Waals surface area (Å²) in [5.74, 6) is 0.975. The molecule has 0 saturated heterocycles. The second-order valence-corrected chi connectivity index (χ2v) is 5.47. The van der Waals surface area contributed by atoms with Crippen LogP contribution in [0.3, 0.4) is 0 Å². The molecule has 1 aliphatic rings. The lowest BCUT2D eigenvalue weighted by Gasteiger charge is -2.26. The largest absolute Gasteiger partial charge is 0.352 e. The Labute approximate surface area is 114 Å². The van der Waals surface area contributed by atoms with Crippen molar-refractivity contribution in [2.24, 2.45) is 17.6 Å². The van der Waals surface area contributed by atoms with Crippen molar-refractivity contribution in [1.82, 2.24) is 10.3 Å². The van der Waals surface area contributed by atoms with Crippen LogP contribution in [-0.4, -0.2) is 17.4 Å². The van der Waals surface area contributed by atoms with Crippen LogP contribution in [0.25, 0.3) is 0 Å². The van der Waals surface area contributed by atoms with Crippen molar-refractivity contribution in [3.05, 3.63) is 29.6 Å². The minimum atomic E-state index is 0.171. The van der Waals surface area contributed by atoms with Crippen molar-refractivity contribution in [3.63, 3.8) is 0 Å². The summed E-state index contributed by atoms with van der Waals surface area (Å²) >= 11 is 0. The summed E-state index contributed by atoms with van der Waals surface area (Å²) in [6.07, 6.45) is 7.71. The third kappa shape index (κ3) is 3.77. The first kappa shape index (κ1) is 14.0. The van der Waals surface area contributed by atoms with Gasteiger partial charge in [-0.2, -0.15) is 0 Å². The van der Waals surface area contributed by atoms with Gasteiger partial charge >= 0.3 is 0 Å². The summed E-state index contributed by atoms with van der Waals surface area (Å²) in [6.45, 7) is 3.37. The van der Waals surface area contributed by atoms with Crippen molar-refractivity contribution in [2.45, 2.75) is 39.2 Å². The van der Waals surface area contributed by atoms with Crippen LogP contribution in [0, 0.1) is 18.8 Å². The smallest absolute Gasteiger partial charge is 0.223 e. The number of hydrogen-bond acceptors (Lipinski definition) is 3.